The first-order valence-electron chi connectivity index (χ1n) is 5.96. The molecule has 1 radical (unpaired) electrons. The van der Waals surface area contributed by atoms with Gasteiger partial charge in [-0.1, -0.05) is 19.1 Å². The van der Waals surface area contributed by atoms with Gasteiger partial charge in [-0.25, -0.2) is 0 Å². The smallest absolute Gasteiger partial charge is 0.119 e. The van der Waals surface area contributed by atoms with Crippen LogP contribution in [0.25, 0.3) is 0 Å². The number of methoxy groups -OCH3 is 1. The van der Waals surface area contributed by atoms with Crippen molar-refractivity contribution in [3.05, 3.63) is 36.8 Å². The first-order valence-corrected chi connectivity index (χ1v) is 5.96. The summed E-state index contributed by atoms with van der Waals surface area (Å²) >= 11 is 0. The maximum Gasteiger partial charge on any atom is 0.119 e. The van der Waals surface area contributed by atoms with Crippen LogP contribution in [0.15, 0.2) is 24.3 Å². The van der Waals surface area contributed by atoms with E-state index >= 15 is 0 Å². The molecular formula is C14H20NO. The molecule has 0 spiro atoms. The first-order chi connectivity index (χ1) is 7.78. The van der Waals surface area contributed by atoms with Crippen molar-refractivity contribution in [1.82, 2.24) is 4.90 Å². The number of benzene rings is 1. The second-order valence-electron chi connectivity index (χ2n) is 4.57. The Kier molecular flexibility index (Phi) is 3.83. The zero-order valence-corrected chi connectivity index (χ0v) is 9.98. The molecule has 0 unspecified atom stereocenters. The van der Waals surface area contributed by atoms with Crippen LogP contribution in [0.3, 0.4) is 0 Å². The molecular weight excluding hydrogens is 198 g/mol. The minimum Gasteiger partial charge on any atom is -0.497 e. The van der Waals surface area contributed by atoms with Crippen LogP contribution in [0.4, 0.5) is 0 Å². The van der Waals surface area contributed by atoms with Gasteiger partial charge in [-0.3, -0.25) is 4.90 Å². The van der Waals surface area contributed by atoms with E-state index < -0.39 is 0 Å². The van der Waals surface area contributed by atoms with Crippen molar-refractivity contribution in [2.45, 2.75) is 19.4 Å². The summed E-state index contributed by atoms with van der Waals surface area (Å²) < 4.78 is 5.23. The number of hydrogen-bond acceptors (Lipinski definition) is 2. The van der Waals surface area contributed by atoms with Crippen LogP contribution in [0.1, 0.15) is 18.4 Å². The lowest BCUT2D eigenvalue weighted by molar-refractivity contribution is 0.194. The Morgan fingerprint density at radius 2 is 2.12 bits per heavy atom. The molecule has 0 atom stereocenters. The minimum atomic E-state index is 0.654. The van der Waals surface area contributed by atoms with Gasteiger partial charge in [0.1, 0.15) is 5.75 Å². The molecule has 0 bridgehead atoms. The molecule has 1 aliphatic heterocycles. The second kappa shape index (κ2) is 5.35. The van der Waals surface area contributed by atoms with E-state index in [-0.39, 0.29) is 0 Å². The van der Waals surface area contributed by atoms with Gasteiger partial charge in [-0.15, -0.1) is 0 Å². The molecule has 1 aromatic carbocycles. The minimum absolute atomic E-state index is 0.654. The molecule has 1 aliphatic rings. The number of likely N-dealkylation sites (tertiary alicyclic amines) is 1. The maximum absolute atomic E-state index is 5.23. The predicted molar refractivity (Wildman–Crippen MR) is 66.4 cm³/mol. The Morgan fingerprint density at radius 1 is 1.38 bits per heavy atom. The van der Waals surface area contributed by atoms with E-state index in [1.54, 1.807) is 7.11 Å². The van der Waals surface area contributed by atoms with Gasteiger partial charge in [-0.2, -0.15) is 0 Å². The molecule has 1 fully saturated rings. The normalized spacial score (nSPS) is 18.6. The molecule has 0 saturated carbocycles. The van der Waals surface area contributed by atoms with Gasteiger partial charge in [-0.05, 0) is 49.5 Å². The SMILES string of the molecule is [CH2]C1CCN(Cc2cccc(OC)c2)CC1. The number of hydrogen-bond donors (Lipinski definition) is 0. The van der Waals surface area contributed by atoms with E-state index in [1.165, 1.54) is 31.5 Å². The second-order valence-corrected chi connectivity index (χ2v) is 4.57. The predicted octanol–water partition coefficient (Wildman–Crippen LogP) is 2.74. The van der Waals surface area contributed by atoms with E-state index in [0.29, 0.717) is 5.92 Å². The Hall–Kier alpha value is -1.02. The fourth-order valence-electron chi connectivity index (χ4n) is 2.17. The Balaban J connectivity index is 1.93. The summed E-state index contributed by atoms with van der Waals surface area (Å²) in [5.41, 5.74) is 1.34. The van der Waals surface area contributed by atoms with Crippen molar-refractivity contribution in [1.29, 1.82) is 0 Å². The largest absolute Gasteiger partial charge is 0.497 e. The monoisotopic (exact) mass is 218 g/mol. The molecule has 1 aromatic rings. The van der Waals surface area contributed by atoms with Crippen LogP contribution in [-0.4, -0.2) is 25.1 Å². The van der Waals surface area contributed by atoms with Gasteiger partial charge in [0.25, 0.3) is 0 Å². The fraction of sp³-hybridized carbons (Fsp3) is 0.500. The van der Waals surface area contributed by atoms with Gasteiger partial charge in [0.2, 0.25) is 0 Å². The zero-order chi connectivity index (χ0) is 11.4. The van der Waals surface area contributed by atoms with Gasteiger partial charge in [0, 0.05) is 6.54 Å². The van der Waals surface area contributed by atoms with E-state index in [4.69, 9.17) is 4.74 Å². The van der Waals surface area contributed by atoms with Crippen LogP contribution in [0.5, 0.6) is 5.75 Å². The van der Waals surface area contributed by atoms with E-state index in [1.807, 2.05) is 6.07 Å². The van der Waals surface area contributed by atoms with E-state index in [9.17, 15) is 0 Å². The number of piperidine rings is 1. The van der Waals surface area contributed by atoms with Crippen LogP contribution < -0.4 is 4.74 Å². The van der Waals surface area contributed by atoms with Gasteiger partial charge >= 0.3 is 0 Å². The van der Waals surface area contributed by atoms with Crippen LogP contribution in [0, 0.1) is 12.8 Å². The highest BCUT2D eigenvalue weighted by molar-refractivity contribution is 5.28. The molecule has 87 valence electrons. The quantitative estimate of drug-likeness (QED) is 0.773. The average Bonchev–Trinajstić information content (AvgIpc) is 2.32. The Bertz CT molecular complexity index is 329. The van der Waals surface area contributed by atoms with Crippen molar-refractivity contribution < 1.29 is 4.74 Å². The molecule has 0 amide bonds. The van der Waals surface area contributed by atoms with Crippen molar-refractivity contribution in [3.63, 3.8) is 0 Å². The third kappa shape index (κ3) is 2.99. The highest BCUT2D eigenvalue weighted by Gasteiger charge is 2.15. The van der Waals surface area contributed by atoms with Crippen LogP contribution in [-0.2, 0) is 6.54 Å². The van der Waals surface area contributed by atoms with Gasteiger partial charge < -0.3 is 4.74 Å². The summed E-state index contributed by atoms with van der Waals surface area (Å²) in [5, 5.41) is 0. The topological polar surface area (TPSA) is 12.5 Å². The van der Waals surface area contributed by atoms with Crippen molar-refractivity contribution >= 4 is 0 Å². The van der Waals surface area contributed by atoms with Crippen molar-refractivity contribution in [2.75, 3.05) is 20.2 Å². The number of rotatable bonds is 3. The molecule has 0 aromatic heterocycles. The standard InChI is InChI=1S/C14H20NO/c1-12-6-8-15(9-7-12)11-13-4-3-5-14(10-13)16-2/h3-5,10,12H,1,6-9,11H2,2H3. The van der Waals surface area contributed by atoms with Crippen LogP contribution >= 0.6 is 0 Å². The Morgan fingerprint density at radius 3 is 2.81 bits per heavy atom. The zero-order valence-electron chi connectivity index (χ0n) is 9.98. The summed E-state index contributed by atoms with van der Waals surface area (Å²) in [7, 11) is 1.72. The molecule has 1 saturated heterocycles. The average molecular weight is 218 g/mol. The fourth-order valence-corrected chi connectivity index (χ4v) is 2.17. The van der Waals surface area contributed by atoms with Gasteiger partial charge in [0.15, 0.2) is 0 Å². The molecule has 2 heteroatoms. The van der Waals surface area contributed by atoms with E-state index in [2.05, 4.69) is 30.0 Å². The maximum atomic E-state index is 5.23. The van der Waals surface area contributed by atoms with E-state index in [0.717, 1.165) is 12.3 Å². The number of ether oxygens (including phenoxy) is 1. The molecule has 16 heavy (non-hydrogen) atoms. The van der Waals surface area contributed by atoms with Crippen molar-refractivity contribution in [3.8, 4) is 5.75 Å². The lowest BCUT2D eigenvalue weighted by atomic mass is 9.99. The third-order valence-corrected chi connectivity index (χ3v) is 3.25. The number of nitrogens with zero attached hydrogens (tertiary/aromatic N) is 1. The molecule has 0 N–H and O–H groups in total. The molecule has 0 aliphatic carbocycles. The summed E-state index contributed by atoms with van der Waals surface area (Å²) in [6.45, 7) is 7.50. The lowest BCUT2D eigenvalue weighted by Crippen LogP contribution is -2.32. The summed E-state index contributed by atoms with van der Waals surface area (Å²) in [5.74, 6) is 1.60. The summed E-state index contributed by atoms with van der Waals surface area (Å²) in [6.07, 6.45) is 2.45. The first kappa shape index (κ1) is 11.5. The Labute approximate surface area is 98.2 Å². The highest BCUT2D eigenvalue weighted by Crippen LogP contribution is 2.19. The van der Waals surface area contributed by atoms with Crippen molar-refractivity contribution in [2.24, 2.45) is 5.92 Å². The lowest BCUT2D eigenvalue weighted by Gasteiger charge is -2.30. The molecule has 2 rings (SSSR count). The van der Waals surface area contributed by atoms with Gasteiger partial charge in [0.05, 0.1) is 7.11 Å². The third-order valence-electron chi connectivity index (χ3n) is 3.25. The summed E-state index contributed by atoms with van der Waals surface area (Å²) in [6, 6.07) is 8.34. The highest BCUT2D eigenvalue weighted by atomic mass is 16.5. The summed E-state index contributed by atoms with van der Waals surface area (Å²) in [4.78, 5) is 2.50. The molecule has 1 heterocycles. The molecule has 2 nitrogen and oxygen atoms in total. The van der Waals surface area contributed by atoms with Crippen LogP contribution in [0.2, 0.25) is 0 Å².